The van der Waals surface area contributed by atoms with Gasteiger partial charge >= 0.3 is 5.97 Å². The van der Waals surface area contributed by atoms with Crippen molar-refractivity contribution < 1.29 is 15.0 Å². The van der Waals surface area contributed by atoms with Crippen LogP contribution in [0.15, 0.2) is 6.20 Å². The van der Waals surface area contributed by atoms with E-state index in [-0.39, 0.29) is 5.69 Å². The van der Waals surface area contributed by atoms with Crippen LogP contribution in [-0.4, -0.2) is 31.8 Å². The van der Waals surface area contributed by atoms with E-state index in [1.807, 2.05) is 0 Å². The highest BCUT2D eigenvalue weighted by Crippen LogP contribution is 2.07. The average Bonchev–Trinajstić information content (AvgIpc) is 2.43. The van der Waals surface area contributed by atoms with Crippen molar-refractivity contribution in [3.05, 3.63) is 17.7 Å². The number of carboxylic acids is 1. The van der Waals surface area contributed by atoms with E-state index < -0.39 is 12.1 Å². The molecular formula is C9H14N2O3. The monoisotopic (exact) mass is 198 g/mol. The lowest BCUT2D eigenvalue weighted by Gasteiger charge is -2.08. The molecule has 1 aromatic heterocycles. The zero-order chi connectivity index (χ0) is 10.7. The van der Waals surface area contributed by atoms with Gasteiger partial charge in [0.25, 0.3) is 0 Å². The lowest BCUT2D eigenvalue weighted by Crippen LogP contribution is -2.13. The number of imidazole rings is 1. The van der Waals surface area contributed by atoms with Crippen molar-refractivity contribution in [3.8, 4) is 0 Å². The molecule has 0 fully saturated rings. The number of hydrogen-bond acceptors (Lipinski definition) is 3. The van der Waals surface area contributed by atoms with Crippen LogP contribution in [-0.2, 0) is 6.54 Å². The molecule has 1 heterocycles. The molecule has 0 radical (unpaired) electrons. The second kappa shape index (κ2) is 4.23. The first kappa shape index (κ1) is 10.7. The van der Waals surface area contributed by atoms with Crippen LogP contribution in [0.1, 0.15) is 29.7 Å². The maximum atomic E-state index is 10.8. The van der Waals surface area contributed by atoms with Gasteiger partial charge in [0.15, 0.2) is 0 Å². The van der Waals surface area contributed by atoms with E-state index in [2.05, 4.69) is 4.98 Å². The third kappa shape index (κ3) is 2.32. The van der Waals surface area contributed by atoms with E-state index in [1.165, 1.54) is 6.20 Å². The van der Waals surface area contributed by atoms with E-state index in [0.29, 0.717) is 18.8 Å². The molecule has 0 saturated heterocycles. The summed E-state index contributed by atoms with van der Waals surface area (Å²) in [6.45, 7) is 3.90. The third-order valence-electron chi connectivity index (χ3n) is 2.04. The standard InChI is InChI=1S/C9H14N2O3/c1-6(12)3-4-11-7(2)10-5-8(11)9(13)14/h5-6,12H,3-4H2,1-2H3,(H,13,14). The summed E-state index contributed by atoms with van der Waals surface area (Å²) in [7, 11) is 0. The third-order valence-corrected chi connectivity index (χ3v) is 2.04. The van der Waals surface area contributed by atoms with Crippen LogP contribution in [0.4, 0.5) is 0 Å². The molecule has 5 nitrogen and oxygen atoms in total. The fourth-order valence-electron chi connectivity index (χ4n) is 1.24. The number of aliphatic hydroxyl groups excluding tert-OH is 1. The maximum Gasteiger partial charge on any atom is 0.354 e. The lowest BCUT2D eigenvalue weighted by molar-refractivity contribution is 0.0682. The van der Waals surface area contributed by atoms with Crippen LogP contribution in [0.25, 0.3) is 0 Å². The Morgan fingerprint density at radius 1 is 1.71 bits per heavy atom. The molecule has 2 N–H and O–H groups in total. The molecular weight excluding hydrogens is 184 g/mol. The SMILES string of the molecule is Cc1ncc(C(=O)O)n1CCC(C)O. The summed E-state index contributed by atoms with van der Waals surface area (Å²) in [5.41, 5.74) is 0.170. The topological polar surface area (TPSA) is 75.3 Å². The zero-order valence-electron chi connectivity index (χ0n) is 8.27. The molecule has 5 heteroatoms. The fourth-order valence-corrected chi connectivity index (χ4v) is 1.24. The summed E-state index contributed by atoms with van der Waals surface area (Å²) in [4.78, 5) is 14.7. The molecule has 1 atom stereocenters. The van der Waals surface area contributed by atoms with Crippen molar-refractivity contribution in [2.75, 3.05) is 0 Å². The smallest absolute Gasteiger partial charge is 0.354 e. The van der Waals surface area contributed by atoms with Crippen molar-refractivity contribution in [3.63, 3.8) is 0 Å². The van der Waals surface area contributed by atoms with Gasteiger partial charge in [-0.3, -0.25) is 0 Å². The minimum absolute atomic E-state index is 0.170. The first-order chi connectivity index (χ1) is 6.52. The number of aliphatic hydroxyl groups is 1. The average molecular weight is 198 g/mol. The molecule has 1 rings (SSSR count). The number of carbonyl (C=O) groups is 1. The summed E-state index contributed by atoms with van der Waals surface area (Å²) in [5, 5.41) is 17.9. The summed E-state index contributed by atoms with van der Waals surface area (Å²) < 4.78 is 1.59. The van der Waals surface area contributed by atoms with Crippen molar-refractivity contribution in [2.45, 2.75) is 32.9 Å². The number of aromatic nitrogens is 2. The van der Waals surface area contributed by atoms with Gasteiger partial charge in [0, 0.05) is 6.54 Å². The normalized spacial score (nSPS) is 12.8. The minimum atomic E-state index is -0.990. The van der Waals surface area contributed by atoms with E-state index in [1.54, 1.807) is 18.4 Å². The Morgan fingerprint density at radius 3 is 2.86 bits per heavy atom. The molecule has 0 aromatic carbocycles. The highest BCUT2D eigenvalue weighted by molar-refractivity contribution is 5.85. The molecule has 0 amide bonds. The van der Waals surface area contributed by atoms with Gasteiger partial charge in [-0.25, -0.2) is 9.78 Å². The van der Waals surface area contributed by atoms with Crippen molar-refractivity contribution in [2.24, 2.45) is 0 Å². The molecule has 0 saturated carbocycles. The molecule has 0 bridgehead atoms. The van der Waals surface area contributed by atoms with Crippen LogP contribution in [0.5, 0.6) is 0 Å². The van der Waals surface area contributed by atoms with Crippen LogP contribution < -0.4 is 0 Å². The van der Waals surface area contributed by atoms with Gasteiger partial charge in [0.2, 0.25) is 0 Å². The van der Waals surface area contributed by atoms with Gasteiger partial charge in [0.1, 0.15) is 11.5 Å². The fraction of sp³-hybridized carbons (Fsp3) is 0.556. The predicted molar refractivity (Wildman–Crippen MR) is 50.2 cm³/mol. The van der Waals surface area contributed by atoms with Gasteiger partial charge in [-0.2, -0.15) is 0 Å². The Bertz CT molecular complexity index is 331. The Balaban J connectivity index is 2.83. The number of nitrogens with zero attached hydrogens (tertiary/aromatic N) is 2. The Labute approximate surface area is 82.0 Å². The van der Waals surface area contributed by atoms with Crippen molar-refractivity contribution in [1.82, 2.24) is 9.55 Å². The highest BCUT2D eigenvalue weighted by atomic mass is 16.4. The molecule has 78 valence electrons. The van der Waals surface area contributed by atoms with Crippen LogP contribution >= 0.6 is 0 Å². The van der Waals surface area contributed by atoms with E-state index in [0.717, 1.165) is 0 Å². The first-order valence-corrected chi connectivity index (χ1v) is 4.46. The maximum absolute atomic E-state index is 10.8. The number of rotatable bonds is 4. The number of hydrogen-bond donors (Lipinski definition) is 2. The van der Waals surface area contributed by atoms with Crippen molar-refractivity contribution in [1.29, 1.82) is 0 Å². The van der Waals surface area contributed by atoms with Crippen LogP contribution in [0, 0.1) is 6.92 Å². The molecule has 14 heavy (non-hydrogen) atoms. The van der Waals surface area contributed by atoms with Gasteiger partial charge in [-0.15, -0.1) is 0 Å². The summed E-state index contributed by atoms with van der Waals surface area (Å²) in [5.74, 6) is -0.334. The number of aromatic carboxylic acids is 1. The van der Waals surface area contributed by atoms with E-state index >= 15 is 0 Å². The number of carboxylic acid groups (broad SMARTS) is 1. The molecule has 0 spiro atoms. The van der Waals surface area contributed by atoms with Crippen molar-refractivity contribution >= 4 is 5.97 Å². The summed E-state index contributed by atoms with van der Waals surface area (Å²) in [6, 6.07) is 0. The lowest BCUT2D eigenvalue weighted by atomic mass is 10.3. The summed E-state index contributed by atoms with van der Waals surface area (Å²) in [6.07, 6.45) is 1.43. The van der Waals surface area contributed by atoms with Crippen LogP contribution in [0.2, 0.25) is 0 Å². The van der Waals surface area contributed by atoms with E-state index in [4.69, 9.17) is 10.2 Å². The number of aryl methyl sites for hydroxylation is 1. The van der Waals surface area contributed by atoms with Gasteiger partial charge in [-0.1, -0.05) is 0 Å². The second-order valence-corrected chi connectivity index (χ2v) is 3.29. The molecule has 0 aliphatic heterocycles. The summed E-state index contributed by atoms with van der Waals surface area (Å²) >= 11 is 0. The van der Waals surface area contributed by atoms with Crippen LogP contribution in [0.3, 0.4) is 0 Å². The first-order valence-electron chi connectivity index (χ1n) is 4.46. The van der Waals surface area contributed by atoms with Gasteiger partial charge in [0.05, 0.1) is 12.3 Å². The molecule has 0 aliphatic carbocycles. The molecule has 0 aliphatic rings. The van der Waals surface area contributed by atoms with Gasteiger partial charge in [-0.05, 0) is 20.3 Å². The largest absolute Gasteiger partial charge is 0.477 e. The quantitative estimate of drug-likeness (QED) is 0.745. The highest BCUT2D eigenvalue weighted by Gasteiger charge is 2.12. The van der Waals surface area contributed by atoms with E-state index in [9.17, 15) is 4.79 Å². The Morgan fingerprint density at radius 2 is 2.36 bits per heavy atom. The zero-order valence-corrected chi connectivity index (χ0v) is 8.27. The predicted octanol–water partition coefficient (Wildman–Crippen LogP) is 0.661. The Kier molecular flexibility index (Phi) is 3.24. The van der Waals surface area contributed by atoms with Gasteiger partial charge < -0.3 is 14.8 Å². The molecule has 1 aromatic rings. The second-order valence-electron chi connectivity index (χ2n) is 3.29. The molecule has 1 unspecified atom stereocenters. The minimum Gasteiger partial charge on any atom is -0.477 e. The Hall–Kier alpha value is -1.36.